The third-order valence-electron chi connectivity index (χ3n) is 5.00. The van der Waals surface area contributed by atoms with Crippen molar-refractivity contribution in [3.05, 3.63) is 59.2 Å². The summed E-state index contributed by atoms with van der Waals surface area (Å²) in [5.74, 6) is 0.962. The molecule has 0 saturated carbocycles. The van der Waals surface area contributed by atoms with E-state index in [-0.39, 0.29) is 0 Å². The van der Waals surface area contributed by atoms with E-state index in [4.69, 9.17) is 4.74 Å². The van der Waals surface area contributed by atoms with Gasteiger partial charge >= 0.3 is 0 Å². The van der Waals surface area contributed by atoms with Gasteiger partial charge in [0.1, 0.15) is 5.75 Å². The van der Waals surface area contributed by atoms with Gasteiger partial charge in [0.15, 0.2) is 0 Å². The van der Waals surface area contributed by atoms with Crippen LogP contribution >= 0.6 is 0 Å². The predicted molar refractivity (Wildman–Crippen MR) is 106 cm³/mol. The van der Waals surface area contributed by atoms with Crippen LogP contribution in [-0.2, 0) is 13.0 Å². The van der Waals surface area contributed by atoms with Crippen LogP contribution in [0.15, 0.2) is 42.5 Å². The lowest BCUT2D eigenvalue weighted by atomic mass is 10.1. The Kier molecular flexibility index (Phi) is 6.35. The third-order valence-corrected chi connectivity index (χ3v) is 5.00. The summed E-state index contributed by atoms with van der Waals surface area (Å²) in [7, 11) is 1.73. The molecule has 1 heterocycles. The van der Waals surface area contributed by atoms with Crippen LogP contribution in [0.1, 0.15) is 36.0 Å². The molecule has 3 heteroatoms. The molecule has 1 aliphatic rings. The molecular weight excluding hydrogens is 308 g/mol. The van der Waals surface area contributed by atoms with Crippen molar-refractivity contribution < 1.29 is 4.74 Å². The molecule has 2 aromatic carbocycles. The standard InChI is InChI=1S/C22H30N2O/c1-18-6-11-22(25-2)20(16-18)17-23-13-12-19-7-9-21(10-8-19)24-14-4-3-5-15-24/h6-11,16,23H,3-5,12-15,17H2,1-2H3. The molecule has 3 rings (SSSR count). The fourth-order valence-electron chi connectivity index (χ4n) is 3.53. The molecule has 25 heavy (non-hydrogen) atoms. The molecule has 1 N–H and O–H groups in total. The summed E-state index contributed by atoms with van der Waals surface area (Å²) in [5, 5.41) is 3.54. The molecule has 1 aliphatic heterocycles. The minimum atomic E-state index is 0.844. The highest BCUT2D eigenvalue weighted by molar-refractivity contribution is 5.48. The summed E-state index contributed by atoms with van der Waals surface area (Å²) in [6, 6.07) is 15.4. The Balaban J connectivity index is 1.47. The lowest BCUT2D eigenvalue weighted by molar-refractivity contribution is 0.407. The van der Waals surface area contributed by atoms with Gasteiger partial charge in [0.25, 0.3) is 0 Å². The van der Waals surface area contributed by atoms with E-state index >= 15 is 0 Å². The number of nitrogens with one attached hydrogen (secondary N) is 1. The first kappa shape index (κ1) is 17.8. The van der Waals surface area contributed by atoms with Crippen molar-refractivity contribution in [2.75, 3.05) is 31.6 Å². The Hall–Kier alpha value is -2.00. The van der Waals surface area contributed by atoms with E-state index in [1.165, 1.54) is 54.7 Å². The van der Waals surface area contributed by atoms with Gasteiger partial charge in [-0.15, -0.1) is 0 Å². The number of anilines is 1. The van der Waals surface area contributed by atoms with Crippen molar-refractivity contribution >= 4 is 5.69 Å². The fourth-order valence-corrected chi connectivity index (χ4v) is 3.53. The van der Waals surface area contributed by atoms with Crippen LogP contribution in [0.2, 0.25) is 0 Å². The number of methoxy groups -OCH3 is 1. The summed E-state index contributed by atoms with van der Waals surface area (Å²) in [6.45, 7) is 6.35. The van der Waals surface area contributed by atoms with Crippen molar-refractivity contribution in [3.8, 4) is 5.75 Å². The van der Waals surface area contributed by atoms with Gasteiger partial charge in [0.2, 0.25) is 0 Å². The zero-order valence-corrected chi connectivity index (χ0v) is 15.6. The van der Waals surface area contributed by atoms with Gasteiger partial charge < -0.3 is 15.0 Å². The Morgan fingerprint density at radius 3 is 2.48 bits per heavy atom. The molecule has 2 aromatic rings. The van der Waals surface area contributed by atoms with Crippen molar-refractivity contribution in [1.29, 1.82) is 0 Å². The predicted octanol–water partition coefficient (Wildman–Crippen LogP) is 4.33. The normalized spacial score (nSPS) is 14.6. The van der Waals surface area contributed by atoms with Crippen molar-refractivity contribution in [2.45, 2.75) is 39.2 Å². The number of nitrogens with zero attached hydrogens (tertiary/aromatic N) is 1. The van der Waals surface area contributed by atoms with Crippen LogP contribution in [-0.4, -0.2) is 26.7 Å². The summed E-state index contributed by atoms with van der Waals surface area (Å²) < 4.78 is 5.44. The highest BCUT2D eigenvalue weighted by Crippen LogP contribution is 2.21. The minimum absolute atomic E-state index is 0.844. The topological polar surface area (TPSA) is 24.5 Å². The van der Waals surface area contributed by atoms with Gasteiger partial charge in [0.05, 0.1) is 7.11 Å². The Morgan fingerprint density at radius 1 is 1.00 bits per heavy atom. The average Bonchev–Trinajstić information content (AvgIpc) is 2.66. The van der Waals surface area contributed by atoms with Gasteiger partial charge in [-0.25, -0.2) is 0 Å². The fraction of sp³-hybridized carbons (Fsp3) is 0.455. The number of ether oxygens (including phenoxy) is 1. The number of rotatable bonds is 7. The minimum Gasteiger partial charge on any atom is -0.496 e. The Labute approximate surface area is 152 Å². The van der Waals surface area contributed by atoms with Gasteiger partial charge in [-0.1, -0.05) is 29.8 Å². The second kappa shape index (κ2) is 8.91. The number of piperidine rings is 1. The largest absolute Gasteiger partial charge is 0.496 e. The highest BCUT2D eigenvalue weighted by Gasteiger charge is 2.10. The van der Waals surface area contributed by atoms with Gasteiger partial charge in [-0.05, 0) is 62.9 Å². The second-order valence-corrected chi connectivity index (χ2v) is 6.96. The van der Waals surface area contributed by atoms with Gasteiger partial charge in [0, 0.05) is 30.9 Å². The molecule has 0 amide bonds. The number of benzene rings is 2. The first-order chi connectivity index (χ1) is 12.3. The second-order valence-electron chi connectivity index (χ2n) is 6.96. The maximum atomic E-state index is 5.44. The van der Waals surface area contributed by atoms with E-state index < -0.39 is 0 Å². The van der Waals surface area contributed by atoms with E-state index in [9.17, 15) is 0 Å². The molecule has 0 atom stereocenters. The molecular formula is C22H30N2O. The molecule has 0 aliphatic carbocycles. The zero-order chi connectivity index (χ0) is 17.5. The molecule has 0 bridgehead atoms. The molecule has 1 saturated heterocycles. The lowest BCUT2D eigenvalue weighted by Crippen LogP contribution is -2.29. The molecule has 0 aromatic heterocycles. The zero-order valence-electron chi connectivity index (χ0n) is 15.6. The molecule has 1 fully saturated rings. The van der Waals surface area contributed by atoms with E-state index in [0.29, 0.717) is 0 Å². The number of hydrogen-bond acceptors (Lipinski definition) is 3. The van der Waals surface area contributed by atoms with E-state index in [1.807, 2.05) is 6.07 Å². The molecule has 3 nitrogen and oxygen atoms in total. The van der Waals surface area contributed by atoms with Crippen LogP contribution in [0, 0.1) is 6.92 Å². The van der Waals surface area contributed by atoms with Gasteiger partial charge in [-0.3, -0.25) is 0 Å². The first-order valence-corrected chi connectivity index (χ1v) is 9.44. The van der Waals surface area contributed by atoms with Crippen LogP contribution in [0.4, 0.5) is 5.69 Å². The number of hydrogen-bond donors (Lipinski definition) is 1. The molecule has 0 radical (unpaired) electrons. The SMILES string of the molecule is COc1ccc(C)cc1CNCCc1ccc(N2CCCCC2)cc1. The van der Waals surface area contributed by atoms with Crippen LogP contribution in [0.25, 0.3) is 0 Å². The summed E-state index contributed by atoms with van der Waals surface area (Å²) in [4.78, 5) is 2.51. The van der Waals surface area contributed by atoms with Crippen molar-refractivity contribution in [2.24, 2.45) is 0 Å². The Morgan fingerprint density at radius 2 is 1.76 bits per heavy atom. The number of aryl methyl sites for hydroxylation is 1. The Bertz CT molecular complexity index is 660. The van der Waals surface area contributed by atoms with Crippen LogP contribution < -0.4 is 15.0 Å². The van der Waals surface area contributed by atoms with E-state index in [0.717, 1.165) is 25.3 Å². The first-order valence-electron chi connectivity index (χ1n) is 9.44. The highest BCUT2D eigenvalue weighted by atomic mass is 16.5. The molecule has 134 valence electrons. The van der Waals surface area contributed by atoms with Gasteiger partial charge in [-0.2, -0.15) is 0 Å². The lowest BCUT2D eigenvalue weighted by Gasteiger charge is -2.28. The maximum absolute atomic E-state index is 5.44. The molecule has 0 unspecified atom stereocenters. The van der Waals surface area contributed by atoms with Crippen LogP contribution in [0.5, 0.6) is 5.75 Å². The summed E-state index contributed by atoms with van der Waals surface area (Å²) in [6.07, 6.45) is 5.09. The van der Waals surface area contributed by atoms with Crippen molar-refractivity contribution in [1.82, 2.24) is 5.32 Å². The van der Waals surface area contributed by atoms with E-state index in [1.54, 1.807) is 7.11 Å². The average molecular weight is 338 g/mol. The monoisotopic (exact) mass is 338 g/mol. The summed E-state index contributed by atoms with van der Waals surface area (Å²) in [5.41, 5.74) is 5.26. The smallest absolute Gasteiger partial charge is 0.123 e. The maximum Gasteiger partial charge on any atom is 0.123 e. The summed E-state index contributed by atoms with van der Waals surface area (Å²) >= 11 is 0. The van der Waals surface area contributed by atoms with Crippen LogP contribution in [0.3, 0.4) is 0 Å². The third kappa shape index (κ3) is 4.99. The van der Waals surface area contributed by atoms with Crippen molar-refractivity contribution in [3.63, 3.8) is 0 Å². The molecule has 0 spiro atoms. The van der Waals surface area contributed by atoms with E-state index in [2.05, 4.69) is 53.5 Å². The quantitative estimate of drug-likeness (QED) is 0.761.